The number of imide groups is 1. The first kappa shape index (κ1) is 20.7. The number of aromatic nitrogens is 1. The second kappa shape index (κ2) is 8.65. The highest BCUT2D eigenvalue weighted by molar-refractivity contribution is 7.09. The number of halogens is 1. The van der Waals surface area contributed by atoms with Gasteiger partial charge in [-0.2, -0.15) is 0 Å². The summed E-state index contributed by atoms with van der Waals surface area (Å²) in [6, 6.07) is 12.4. The molecule has 7 nitrogen and oxygen atoms in total. The van der Waals surface area contributed by atoms with Crippen molar-refractivity contribution >= 4 is 34.9 Å². The van der Waals surface area contributed by atoms with E-state index in [0.29, 0.717) is 5.69 Å². The molecule has 1 aromatic heterocycles. The molecule has 2 aromatic carbocycles. The van der Waals surface area contributed by atoms with Crippen molar-refractivity contribution in [1.82, 2.24) is 15.2 Å². The molecule has 158 valence electrons. The lowest BCUT2D eigenvalue weighted by Gasteiger charge is -2.30. The molecule has 4 rings (SSSR count). The van der Waals surface area contributed by atoms with Crippen molar-refractivity contribution in [3.8, 4) is 11.3 Å². The van der Waals surface area contributed by atoms with Crippen LogP contribution in [0.2, 0.25) is 0 Å². The average molecular weight is 438 g/mol. The van der Waals surface area contributed by atoms with E-state index in [1.54, 1.807) is 24.3 Å². The lowest BCUT2D eigenvalue weighted by atomic mass is 10.0. The average Bonchev–Trinajstić information content (AvgIpc) is 3.19. The fourth-order valence-electron chi connectivity index (χ4n) is 3.29. The monoisotopic (exact) mass is 438 g/mol. The van der Waals surface area contributed by atoms with E-state index in [9.17, 15) is 18.8 Å². The van der Waals surface area contributed by atoms with Crippen LogP contribution in [-0.4, -0.2) is 34.3 Å². The van der Waals surface area contributed by atoms with Gasteiger partial charge in [0, 0.05) is 28.7 Å². The molecule has 1 saturated heterocycles. The minimum absolute atomic E-state index is 0.123. The molecule has 4 amide bonds. The number of thiazole rings is 1. The Morgan fingerprint density at radius 2 is 2.06 bits per heavy atom. The lowest BCUT2D eigenvalue weighted by Crippen LogP contribution is -2.57. The second-order valence-corrected chi connectivity index (χ2v) is 8.14. The maximum atomic E-state index is 14.0. The van der Waals surface area contributed by atoms with E-state index in [-0.39, 0.29) is 18.7 Å². The molecule has 1 atom stereocenters. The lowest BCUT2D eigenvalue weighted by molar-refractivity contribution is -0.139. The van der Waals surface area contributed by atoms with E-state index >= 15 is 0 Å². The first-order valence-electron chi connectivity index (χ1n) is 9.58. The number of hydrogen-bond acceptors (Lipinski definition) is 5. The van der Waals surface area contributed by atoms with Gasteiger partial charge in [-0.05, 0) is 25.1 Å². The van der Waals surface area contributed by atoms with E-state index in [4.69, 9.17) is 0 Å². The highest BCUT2D eigenvalue weighted by Gasteiger charge is 2.38. The fourth-order valence-corrected chi connectivity index (χ4v) is 3.92. The number of anilines is 1. The number of hydrogen-bond donors (Lipinski definition) is 2. The van der Waals surface area contributed by atoms with Gasteiger partial charge in [0.25, 0.3) is 0 Å². The number of carbonyl (C=O) groups is 3. The summed E-state index contributed by atoms with van der Waals surface area (Å²) in [4.78, 5) is 43.1. The largest absolute Gasteiger partial charge is 0.336 e. The number of nitrogens with one attached hydrogen (secondary N) is 2. The van der Waals surface area contributed by atoms with Crippen LogP contribution in [0.3, 0.4) is 0 Å². The van der Waals surface area contributed by atoms with Gasteiger partial charge in [-0.25, -0.2) is 14.2 Å². The normalized spacial score (nSPS) is 16.2. The molecule has 31 heavy (non-hydrogen) atoms. The summed E-state index contributed by atoms with van der Waals surface area (Å²) in [7, 11) is 0. The molecule has 0 aliphatic carbocycles. The van der Waals surface area contributed by atoms with Gasteiger partial charge >= 0.3 is 6.03 Å². The first-order chi connectivity index (χ1) is 14.9. The maximum absolute atomic E-state index is 14.0. The Balaban J connectivity index is 1.49. The Morgan fingerprint density at radius 1 is 1.26 bits per heavy atom. The van der Waals surface area contributed by atoms with Crippen LogP contribution in [0.25, 0.3) is 11.3 Å². The van der Waals surface area contributed by atoms with Crippen molar-refractivity contribution in [2.24, 2.45) is 5.92 Å². The third-order valence-electron chi connectivity index (χ3n) is 4.91. The quantitative estimate of drug-likeness (QED) is 0.596. The van der Waals surface area contributed by atoms with E-state index in [1.807, 2.05) is 18.4 Å². The molecule has 0 bridgehead atoms. The minimum Gasteiger partial charge on any atom is -0.336 e. The van der Waals surface area contributed by atoms with Crippen LogP contribution in [0.4, 0.5) is 14.9 Å². The van der Waals surface area contributed by atoms with Crippen LogP contribution in [0.5, 0.6) is 0 Å². The van der Waals surface area contributed by atoms with Gasteiger partial charge in [0.15, 0.2) is 0 Å². The van der Waals surface area contributed by atoms with Gasteiger partial charge in [-0.3, -0.25) is 14.5 Å². The molecule has 1 aliphatic rings. The smallest absolute Gasteiger partial charge is 0.324 e. The van der Waals surface area contributed by atoms with E-state index < -0.39 is 29.6 Å². The van der Waals surface area contributed by atoms with E-state index in [2.05, 4.69) is 15.6 Å². The summed E-state index contributed by atoms with van der Waals surface area (Å²) >= 11 is 1.53. The number of urea groups is 1. The topological polar surface area (TPSA) is 91.4 Å². The first-order valence-corrected chi connectivity index (χ1v) is 10.5. The Kier molecular flexibility index (Phi) is 5.77. The second-order valence-electron chi connectivity index (χ2n) is 7.08. The third-order valence-corrected chi connectivity index (χ3v) is 5.69. The summed E-state index contributed by atoms with van der Waals surface area (Å²) in [6.45, 7) is 1.54. The molecule has 3 aromatic rings. The Morgan fingerprint density at radius 3 is 2.81 bits per heavy atom. The predicted octanol–water partition coefficient (Wildman–Crippen LogP) is 3.56. The summed E-state index contributed by atoms with van der Waals surface area (Å²) in [5, 5.41) is 8.13. The summed E-state index contributed by atoms with van der Waals surface area (Å²) in [5.74, 6) is -2.86. The van der Waals surface area contributed by atoms with Gasteiger partial charge in [0.2, 0.25) is 11.8 Å². The number of amides is 4. The highest BCUT2D eigenvalue weighted by atomic mass is 32.1. The van der Waals surface area contributed by atoms with Crippen LogP contribution in [0, 0.1) is 18.7 Å². The number of nitrogens with zero attached hydrogens (tertiary/aromatic N) is 2. The SMILES string of the molecule is Cc1nc(-c2cccc(NC(=O)C3CNC(=O)N(Cc4ccccc4F)C3=O)c2)cs1. The molecule has 0 saturated carbocycles. The minimum atomic E-state index is -1.12. The molecule has 1 unspecified atom stereocenters. The zero-order chi connectivity index (χ0) is 22.0. The summed E-state index contributed by atoms with van der Waals surface area (Å²) in [6.07, 6.45) is 0. The van der Waals surface area contributed by atoms with Crippen molar-refractivity contribution < 1.29 is 18.8 Å². The Bertz CT molecular complexity index is 1160. The molecule has 0 radical (unpaired) electrons. The number of aryl methyl sites for hydroxylation is 1. The molecule has 2 heterocycles. The molecular formula is C22H19FN4O3S. The van der Waals surface area contributed by atoms with Crippen molar-refractivity contribution in [3.05, 3.63) is 70.3 Å². The van der Waals surface area contributed by atoms with Gasteiger partial charge in [0.1, 0.15) is 11.7 Å². The summed E-state index contributed by atoms with van der Waals surface area (Å²) in [5.41, 5.74) is 2.35. The maximum Gasteiger partial charge on any atom is 0.324 e. The van der Waals surface area contributed by atoms with E-state index in [1.165, 1.54) is 29.5 Å². The molecule has 1 aliphatic heterocycles. The number of benzene rings is 2. The zero-order valence-electron chi connectivity index (χ0n) is 16.6. The van der Waals surface area contributed by atoms with Crippen LogP contribution < -0.4 is 10.6 Å². The van der Waals surface area contributed by atoms with Crippen LogP contribution in [0.1, 0.15) is 10.6 Å². The predicted molar refractivity (Wildman–Crippen MR) is 115 cm³/mol. The van der Waals surface area contributed by atoms with Crippen molar-refractivity contribution in [2.45, 2.75) is 13.5 Å². The number of rotatable bonds is 5. The molecule has 9 heteroatoms. The zero-order valence-corrected chi connectivity index (χ0v) is 17.4. The molecular weight excluding hydrogens is 419 g/mol. The van der Waals surface area contributed by atoms with Crippen LogP contribution in [-0.2, 0) is 16.1 Å². The van der Waals surface area contributed by atoms with Gasteiger partial charge < -0.3 is 10.6 Å². The van der Waals surface area contributed by atoms with Gasteiger partial charge in [0.05, 0.1) is 17.2 Å². The van der Waals surface area contributed by atoms with Crippen LogP contribution >= 0.6 is 11.3 Å². The molecule has 0 spiro atoms. The van der Waals surface area contributed by atoms with E-state index in [0.717, 1.165) is 21.2 Å². The Hall–Kier alpha value is -3.59. The molecule has 1 fully saturated rings. The summed E-state index contributed by atoms with van der Waals surface area (Å²) < 4.78 is 14.0. The van der Waals surface area contributed by atoms with Crippen LogP contribution in [0.15, 0.2) is 53.9 Å². The van der Waals surface area contributed by atoms with Gasteiger partial charge in [-0.15, -0.1) is 11.3 Å². The standard InChI is InChI=1S/C22H19FN4O3S/c1-13-25-19(12-31-13)14-6-4-7-16(9-14)26-20(28)17-10-24-22(30)27(21(17)29)11-15-5-2-3-8-18(15)23/h2-9,12,17H,10-11H2,1H3,(H,24,30)(H,26,28). The fraction of sp³-hybridized carbons (Fsp3) is 0.182. The number of carbonyl (C=O) groups excluding carboxylic acids is 3. The highest BCUT2D eigenvalue weighted by Crippen LogP contribution is 2.25. The van der Waals surface area contributed by atoms with Crippen molar-refractivity contribution in [1.29, 1.82) is 0 Å². The molecule has 2 N–H and O–H groups in total. The van der Waals surface area contributed by atoms with Crippen molar-refractivity contribution in [2.75, 3.05) is 11.9 Å². The van der Waals surface area contributed by atoms with Gasteiger partial charge in [-0.1, -0.05) is 30.3 Å². The Labute approximate surface area is 181 Å². The van der Waals surface area contributed by atoms with Crippen molar-refractivity contribution in [3.63, 3.8) is 0 Å². The third kappa shape index (κ3) is 4.46.